The van der Waals surface area contributed by atoms with Crippen molar-refractivity contribution in [3.8, 4) is 0 Å². The lowest BCUT2D eigenvalue weighted by atomic mass is 9.95. The van der Waals surface area contributed by atoms with Gasteiger partial charge in [0.05, 0.1) is 6.04 Å². The van der Waals surface area contributed by atoms with Gasteiger partial charge in [-0.15, -0.1) is 23.7 Å². The number of amides is 1. The Morgan fingerprint density at radius 2 is 1.83 bits per heavy atom. The van der Waals surface area contributed by atoms with Crippen molar-refractivity contribution in [2.75, 3.05) is 13.6 Å². The van der Waals surface area contributed by atoms with Gasteiger partial charge < -0.3 is 10.6 Å². The molecule has 2 rings (SSSR count). The Bertz CT molecular complexity index is 598. The molecule has 2 N–H and O–H groups in total. The molecule has 132 valence electrons. The highest BCUT2D eigenvalue weighted by atomic mass is 35.5. The Kier molecular flexibility index (Phi) is 9.04. The summed E-state index contributed by atoms with van der Waals surface area (Å²) >= 11 is 1.68. The van der Waals surface area contributed by atoms with Crippen LogP contribution in [0.3, 0.4) is 0 Å². The number of hydrogen-bond acceptors (Lipinski definition) is 3. The van der Waals surface area contributed by atoms with Gasteiger partial charge in [0.1, 0.15) is 0 Å². The van der Waals surface area contributed by atoms with Crippen molar-refractivity contribution in [1.82, 2.24) is 10.6 Å². The largest absolute Gasteiger partial charge is 0.344 e. The van der Waals surface area contributed by atoms with Crippen molar-refractivity contribution < 1.29 is 4.79 Å². The van der Waals surface area contributed by atoms with Gasteiger partial charge >= 0.3 is 0 Å². The third-order valence-electron chi connectivity index (χ3n) is 4.19. The molecule has 0 saturated heterocycles. The topological polar surface area (TPSA) is 41.1 Å². The van der Waals surface area contributed by atoms with E-state index in [1.807, 2.05) is 13.1 Å². The second-order valence-electron chi connectivity index (χ2n) is 5.85. The highest BCUT2D eigenvalue weighted by molar-refractivity contribution is 7.10. The number of halogens is 1. The highest BCUT2D eigenvalue weighted by Crippen LogP contribution is 2.28. The van der Waals surface area contributed by atoms with Crippen LogP contribution in [0, 0.1) is 0 Å². The normalized spacial score (nSPS) is 13.0. The lowest BCUT2D eigenvalue weighted by molar-refractivity contribution is -0.121. The van der Waals surface area contributed by atoms with E-state index in [2.05, 4.69) is 60.2 Å². The smallest absolute Gasteiger partial charge is 0.222 e. The summed E-state index contributed by atoms with van der Waals surface area (Å²) in [4.78, 5) is 13.3. The minimum Gasteiger partial charge on any atom is -0.344 e. The average Bonchev–Trinajstić information content (AvgIpc) is 3.11. The molecule has 1 heterocycles. The van der Waals surface area contributed by atoms with Crippen LogP contribution in [0.25, 0.3) is 0 Å². The van der Waals surface area contributed by atoms with E-state index in [-0.39, 0.29) is 24.4 Å². The molecular formula is C19H27ClN2OS. The molecule has 1 amide bonds. The molecule has 1 aromatic heterocycles. The van der Waals surface area contributed by atoms with Crippen LogP contribution in [-0.2, 0) is 4.79 Å². The van der Waals surface area contributed by atoms with E-state index >= 15 is 0 Å². The third-order valence-corrected chi connectivity index (χ3v) is 5.12. The lowest BCUT2D eigenvalue weighted by Gasteiger charge is -2.19. The third kappa shape index (κ3) is 5.62. The van der Waals surface area contributed by atoms with E-state index in [4.69, 9.17) is 0 Å². The first-order valence-electron chi connectivity index (χ1n) is 8.23. The molecule has 0 radical (unpaired) electrons. The van der Waals surface area contributed by atoms with Gasteiger partial charge in [0.2, 0.25) is 5.91 Å². The van der Waals surface area contributed by atoms with Crippen molar-refractivity contribution in [1.29, 1.82) is 0 Å². The molecule has 24 heavy (non-hydrogen) atoms. The van der Waals surface area contributed by atoms with Crippen LogP contribution < -0.4 is 10.6 Å². The maximum Gasteiger partial charge on any atom is 0.222 e. The van der Waals surface area contributed by atoms with E-state index in [0.29, 0.717) is 18.9 Å². The van der Waals surface area contributed by atoms with Crippen molar-refractivity contribution in [3.05, 3.63) is 57.8 Å². The highest BCUT2D eigenvalue weighted by Gasteiger charge is 2.18. The van der Waals surface area contributed by atoms with Crippen LogP contribution in [0.5, 0.6) is 0 Å². The van der Waals surface area contributed by atoms with Gasteiger partial charge in [-0.2, -0.15) is 0 Å². The van der Waals surface area contributed by atoms with Crippen LogP contribution in [0.15, 0.2) is 41.8 Å². The van der Waals surface area contributed by atoms with Crippen molar-refractivity contribution in [2.24, 2.45) is 0 Å². The zero-order valence-corrected chi connectivity index (χ0v) is 16.2. The number of carbonyl (C=O) groups excluding carboxylic acids is 1. The molecule has 0 saturated carbocycles. The monoisotopic (exact) mass is 366 g/mol. The summed E-state index contributed by atoms with van der Waals surface area (Å²) in [7, 11) is 1.86. The molecule has 0 fully saturated rings. The van der Waals surface area contributed by atoms with Gasteiger partial charge in [0.15, 0.2) is 0 Å². The molecule has 3 nitrogen and oxygen atoms in total. The second-order valence-corrected chi connectivity index (χ2v) is 6.82. The summed E-state index contributed by atoms with van der Waals surface area (Å²) in [5.74, 6) is 0.637. The molecular weight excluding hydrogens is 340 g/mol. The molecule has 2 atom stereocenters. The lowest BCUT2D eigenvalue weighted by Crippen LogP contribution is -2.30. The Labute approximate surface area is 155 Å². The fraction of sp³-hybridized carbons (Fsp3) is 0.421. The van der Waals surface area contributed by atoms with Crippen LogP contribution in [0.2, 0.25) is 0 Å². The molecule has 5 heteroatoms. The van der Waals surface area contributed by atoms with Gasteiger partial charge in [0, 0.05) is 17.8 Å². The van der Waals surface area contributed by atoms with E-state index in [1.54, 1.807) is 11.3 Å². The summed E-state index contributed by atoms with van der Waals surface area (Å²) in [6.45, 7) is 5.14. The molecule has 0 aliphatic carbocycles. The Morgan fingerprint density at radius 1 is 1.17 bits per heavy atom. The van der Waals surface area contributed by atoms with Gasteiger partial charge in [0.25, 0.3) is 0 Å². The van der Waals surface area contributed by atoms with Gasteiger partial charge in [-0.05, 0) is 42.0 Å². The summed E-state index contributed by atoms with van der Waals surface area (Å²) in [6, 6.07) is 12.7. The fourth-order valence-electron chi connectivity index (χ4n) is 2.50. The van der Waals surface area contributed by atoms with Crippen LogP contribution in [0.4, 0.5) is 0 Å². The van der Waals surface area contributed by atoms with E-state index < -0.39 is 0 Å². The quantitative estimate of drug-likeness (QED) is 0.722. The Hall–Kier alpha value is -1.36. The fourth-order valence-corrected chi connectivity index (χ4v) is 3.30. The Balaban J connectivity index is 0.00000288. The molecule has 0 bridgehead atoms. The minimum atomic E-state index is -0.0645. The van der Waals surface area contributed by atoms with E-state index in [9.17, 15) is 4.79 Å². The number of hydrogen-bond donors (Lipinski definition) is 2. The summed E-state index contributed by atoms with van der Waals surface area (Å²) in [6.07, 6.45) is 1.62. The molecule has 1 aromatic carbocycles. The average molecular weight is 367 g/mol. The van der Waals surface area contributed by atoms with Crippen molar-refractivity contribution in [3.63, 3.8) is 0 Å². The number of rotatable bonds is 8. The first-order chi connectivity index (χ1) is 11.2. The molecule has 0 aliphatic rings. The molecule has 2 aromatic rings. The van der Waals surface area contributed by atoms with Gasteiger partial charge in [-0.3, -0.25) is 4.79 Å². The maximum atomic E-state index is 12.2. The summed E-state index contributed by atoms with van der Waals surface area (Å²) in [5, 5.41) is 8.23. The van der Waals surface area contributed by atoms with Crippen LogP contribution >= 0.6 is 23.7 Å². The summed E-state index contributed by atoms with van der Waals surface area (Å²) in [5.41, 5.74) is 2.49. The standard InChI is InChI=1S/C19H26N2OS.ClH/c1-4-14(2)15-7-9-16(10-8-15)19(17-6-5-13-23-17)21-18(22)11-12-20-3;/h5-10,13-14,19-20H,4,11-12H2,1-3H3,(H,21,22);1H. The number of carbonyl (C=O) groups is 1. The van der Waals surface area contributed by atoms with Crippen LogP contribution in [0.1, 0.15) is 54.7 Å². The van der Waals surface area contributed by atoms with E-state index in [0.717, 1.165) is 12.0 Å². The van der Waals surface area contributed by atoms with Crippen molar-refractivity contribution in [2.45, 2.75) is 38.6 Å². The second kappa shape index (κ2) is 10.5. The number of benzene rings is 1. The maximum absolute atomic E-state index is 12.2. The predicted octanol–water partition coefficient (Wildman–Crippen LogP) is 4.50. The van der Waals surface area contributed by atoms with Gasteiger partial charge in [-0.25, -0.2) is 0 Å². The zero-order chi connectivity index (χ0) is 16.7. The SMILES string of the molecule is CCC(C)c1ccc(C(NC(=O)CCNC)c2cccs2)cc1.Cl. The zero-order valence-electron chi connectivity index (χ0n) is 14.5. The van der Waals surface area contributed by atoms with Crippen LogP contribution in [-0.4, -0.2) is 19.5 Å². The molecule has 2 unspecified atom stereocenters. The predicted molar refractivity (Wildman–Crippen MR) is 105 cm³/mol. The van der Waals surface area contributed by atoms with E-state index in [1.165, 1.54) is 10.4 Å². The van der Waals surface area contributed by atoms with Crippen molar-refractivity contribution >= 4 is 29.7 Å². The first kappa shape index (κ1) is 20.7. The summed E-state index contributed by atoms with van der Waals surface area (Å²) < 4.78 is 0. The van der Waals surface area contributed by atoms with Gasteiger partial charge in [-0.1, -0.05) is 44.2 Å². The first-order valence-corrected chi connectivity index (χ1v) is 9.10. The minimum absolute atomic E-state index is 0. The molecule has 0 aliphatic heterocycles. The number of thiophene rings is 1. The molecule has 0 spiro atoms. The number of nitrogens with one attached hydrogen (secondary N) is 2. The Morgan fingerprint density at radius 3 is 2.38 bits per heavy atom.